The number of rotatable bonds is 8. The summed E-state index contributed by atoms with van der Waals surface area (Å²) in [6.45, 7) is 4.14. The Morgan fingerprint density at radius 2 is 2.13 bits per heavy atom. The first-order valence-corrected chi connectivity index (χ1v) is 10.5. The van der Waals surface area contributed by atoms with Crippen LogP contribution < -0.4 is 15.2 Å². The monoisotopic (exact) mass is 426 g/mol. The number of hydrogen-bond acceptors (Lipinski definition) is 5. The minimum absolute atomic E-state index is 0.0278. The molecule has 0 saturated carbocycles. The molecule has 3 aromatic rings. The lowest BCUT2D eigenvalue weighted by Gasteiger charge is -2.35. The van der Waals surface area contributed by atoms with Crippen molar-refractivity contribution in [3.8, 4) is 11.5 Å². The molecule has 0 bridgehead atoms. The summed E-state index contributed by atoms with van der Waals surface area (Å²) in [5.74, 6) is -0.162. The minimum Gasteiger partial charge on any atom is -0.493 e. The summed E-state index contributed by atoms with van der Waals surface area (Å²) < 4.78 is 31.1. The van der Waals surface area contributed by atoms with Gasteiger partial charge in [-0.05, 0) is 49.6 Å². The van der Waals surface area contributed by atoms with Gasteiger partial charge in [0.05, 0.1) is 13.4 Å². The average Bonchev–Trinajstić information content (AvgIpc) is 3.19. The van der Waals surface area contributed by atoms with E-state index in [0.29, 0.717) is 29.9 Å². The van der Waals surface area contributed by atoms with Crippen LogP contribution in [0.15, 0.2) is 41.0 Å². The predicted octanol–water partition coefficient (Wildman–Crippen LogP) is 3.94. The molecule has 1 aliphatic heterocycles. The van der Waals surface area contributed by atoms with Crippen molar-refractivity contribution < 1.29 is 23.1 Å². The maximum atomic E-state index is 14.2. The molecule has 7 heteroatoms. The van der Waals surface area contributed by atoms with E-state index in [9.17, 15) is 9.18 Å². The smallest absolute Gasteiger partial charge is 0.249 e. The van der Waals surface area contributed by atoms with Gasteiger partial charge in [0.15, 0.2) is 22.9 Å². The Kier molecular flexibility index (Phi) is 6.13. The van der Waals surface area contributed by atoms with Gasteiger partial charge in [-0.3, -0.25) is 9.69 Å². The molecule has 31 heavy (non-hydrogen) atoms. The van der Waals surface area contributed by atoms with Crippen LogP contribution in [0.25, 0.3) is 11.0 Å². The highest BCUT2D eigenvalue weighted by atomic mass is 19.1. The predicted molar refractivity (Wildman–Crippen MR) is 116 cm³/mol. The van der Waals surface area contributed by atoms with Gasteiger partial charge in [-0.1, -0.05) is 19.1 Å². The second kappa shape index (κ2) is 8.98. The van der Waals surface area contributed by atoms with Gasteiger partial charge in [0.2, 0.25) is 5.91 Å². The van der Waals surface area contributed by atoms with E-state index in [1.807, 2.05) is 18.2 Å². The van der Waals surface area contributed by atoms with Gasteiger partial charge in [-0.15, -0.1) is 0 Å². The third-order valence-corrected chi connectivity index (χ3v) is 5.90. The fourth-order valence-corrected chi connectivity index (χ4v) is 4.36. The molecule has 1 aliphatic rings. The van der Waals surface area contributed by atoms with E-state index < -0.39 is 11.7 Å². The van der Waals surface area contributed by atoms with Crippen molar-refractivity contribution in [1.82, 2.24) is 4.90 Å². The normalized spacial score (nSPS) is 15.7. The number of nitrogens with two attached hydrogens (primary N) is 1. The van der Waals surface area contributed by atoms with Crippen LogP contribution in [0.3, 0.4) is 0 Å². The van der Waals surface area contributed by atoms with Gasteiger partial charge in [0.1, 0.15) is 6.61 Å². The molecule has 6 nitrogen and oxygen atoms in total. The van der Waals surface area contributed by atoms with Crippen molar-refractivity contribution in [2.75, 3.05) is 26.8 Å². The average molecular weight is 426 g/mol. The lowest BCUT2D eigenvalue weighted by molar-refractivity contribution is 0.0986. The molecule has 1 unspecified atom stereocenters. The van der Waals surface area contributed by atoms with Crippen LogP contribution in [-0.4, -0.2) is 43.7 Å². The quantitative estimate of drug-likeness (QED) is 0.590. The van der Waals surface area contributed by atoms with E-state index in [-0.39, 0.29) is 11.8 Å². The molecule has 1 aromatic heterocycles. The second-order valence-corrected chi connectivity index (χ2v) is 7.82. The Labute approximate surface area is 180 Å². The van der Waals surface area contributed by atoms with E-state index in [1.165, 1.54) is 12.1 Å². The first-order chi connectivity index (χ1) is 15.0. The number of fused-ring (bicyclic) bond motifs is 2. The fraction of sp³-hybridized carbons (Fsp3) is 0.375. The van der Waals surface area contributed by atoms with E-state index in [2.05, 4.69) is 11.8 Å². The van der Waals surface area contributed by atoms with E-state index in [1.54, 1.807) is 13.4 Å². The van der Waals surface area contributed by atoms with Gasteiger partial charge in [0, 0.05) is 29.1 Å². The lowest BCUT2D eigenvalue weighted by Crippen LogP contribution is -2.45. The van der Waals surface area contributed by atoms with Crippen molar-refractivity contribution in [3.63, 3.8) is 0 Å². The maximum Gasteiger partial charge on any atom is 0.249 e. The van der Waals surface area contributed by atoms with Crippen LogP contribution in [0.5, 0.6) is 11.5 Å². The fourth-order valence-electron chi connectivity index (χ4n) is 4.36. The number of carbonyl (C=O) groups excluding carboxylic acids is 1. The topological polar surface area (TPSA) is 77.9 Å². The first kappa shape index (κ1) is 21.2. The largest absolute Gasteiger partial charge is 0.493 e. The molecule has 2 heterocycles. The summed E-state index contributed by atoms with van der Waals surface area (Å²) in [5, 5.41) is 1.04. The van der Waals surface area contributed by atoms with E-state index >= 15 is 0 Å². The number of methoxy groups -OCH3 is 1. The number of ether oxygens (including phenoxy) is 2. The highest BCUT2D eigenvalue weighted by Crippen LogP contribution is 2.33. The molecule has 0 radical (unpaired) electrons. The number of carbonyl (C=O) groups is 1. The number of halogens is 1. The molecule has 4 rings (SSSR count). The number of furan rings is 1. The first-order valence-electron chi connectivity index (χ1n) is 10.5. The second-order valence-electron chi connectivity index (χ2n) is 7.82. The SMILES string of the molecule is CCCN(CCc1coc2c(OC)cccc12)C1COc2c(F)ccc(C(N)=O)c2C1. The Hall–Kier alpha value is -3.06. The Bertz CT molecular complexity index is 1090. The summed E-state index contributed by atoms with van der Waals surface area (Å²) >= 11 is 0. The van der Waals surface area contributed by atoms with E-state index in [0.717, 1.165) is 42.5 Å². The molecule has 0 aliphatic carbocycles. The Morgan fingerprint density at radius 3 is 2.87 bits per heavy atom. The van der Waals surface area contributed by atoms with Crippen molar-refractivity contribution in [1.29, 1.82) is 0 Å². The summed E-state index contributed by atoms with van der Waals surface area (Å²) in [6.07, 6.45) is 4.06. The molecule has 0 fully saturated rings. The summed E-state index contributed by atoms with van der Waals surface area (Å²) in [5.41, 5.74) is 8.26. The lowest BCUT2D eigenvalue weighted by atomic mass is 9.95. The maximum absolute atomic E-state index is 14.2. The van der Waals surface area contributed by atoms with Gasteiger partial charge in [-0.25, -0.2) is 4.39 Å². The molecule has 1 amide bonds. The van der Waals surface area contributed by atoms with Crippen LogP contribution in [0.1, 0.15) is 34.8 Å². The highest BCUT2D eigenvalue weighted by Gasteiger charge is 2.30. The van der Waals surface area contributed by atoms with Crippen LogP contribution in [0.4, 0.5) is 4.39 Å². The van der Waals surface area contributed by atoms with Gasteiger partial charge in [-0.2, -0.15) is 0 Å². The molecule has 2 N–H and O–H groups in total. The van der Waals surface area contributed by atoms with Crippen molar-refractivity contribution in [2.24, 2.45) is 5.73 Å². The number of primary amides is 1. The zero-order valence-electron chi connectivity index (χ0n) is 17.8. The molecule has 164 valence electrons. The molecule has 0 spiro atoms. The van der Waals surface area contributed by atoms with Gasteiger partial charge < -0.3 is 19.6 Å². The molecular weight excluding hydrogens is 399 g/mol. The number of nitrogens with zero attached hydrogens (tertiary/aromatic N) is 1. The molecule has 0 saturated heterocycles. The van der Waals surface area contributed by atoms with Crippen molar-refractivity contribution in [2.45, 2.75) is 32.2 Å². The molecular formula is C24H27FN2O4. The third kappa shape index (κ3) is 4.10. The van der Waals surface area contributed by atoms with Crippen molar-refractivity contribution >= 4 is 16.9 Å². The Morgan fingerprint density at radius 1 is 1.29 bits per heavy atom. The van der Waals surface area contributed by atoms with Gasteiger partial charge >= 0.3 is 0 Å². The van der Waals surface area contributed by atoms with Crippen molar-refractivity contribution in [3.05, 3.63) is 59.1 Å². The molecule has 1 atom stereocenters. The standard InChI is InChI=1S/C24H27FN2O4/c1-3-10-27(11-9-15-13-30-23-17(15)5-4-6-21(23)29-2)16-12-19-18(24(26)28)7-8-20(25)22(19)31-14-16/h4-8,13,16H,3,9-12,14H2,1-2H3,(H2,26,28). The number of para-hydroxylation sites is 1. The third-order valence-electron chi connectivity index (χ3n) is 5.90. The van der Waals surface area contributed by atoms with Crippen LogP contribution in [0, 0.1) is 5.82 Å². The Balaban J connectivity index is 1.54. The highest BCUT2D eigenvalue weighted by molar-refractivity contribution is 5.95. The van der Waals surface area contributed by atoms with Crippen LogP contribution in [0.2, 0.25) is 0 Å². The summed E-state index contributed by atoms with van der Waals surface area (Å²) in [4.78, 5) is 14.2. The number of amides is 1. The zero-order valence-corrected chi connectivity index (χ0v) is 17.8. The van der Waals surface area contributed by atoms with E-state index in [4.69, 9.17) is 19.6 Å². The van der Waals surface area contributed by atoms with Crippen LogP contribution in [-0.2, 0) is 12.8 Å². The number of benzene rings is 2. The summed E-state index contributed by atoms with van der Waals surface area (Å²) in [6, 6.07) is 8.57. The zero-order chi connectivity index (χ0) is 22.0. The molecule has 2 aromatic carbocycles. The summed E-state index contributed by atoms with van der Waals surface area (Å²) in [7, 11) is 1.63. The van der Waals surface area contributed by atoms with Crippen LogP contribution >= 0.6 is 0 Å². The minimum atomic E-state index is -0.568. The van der Waals surface area contributed by atoms with Gasteiger partial charge in [0.25, 0.3) is 0 Å². The number of hydrogen-bond donors (Lipinski definition) is 1.